The predicted molar refractivity (Wildman–Crippen MR) is 65.6 cm³/mol. The molecule has 3 rings (SSSR count). The molecular formula is C10H11F3N8. The Morgan fingerprint density at radius 2 is 1.52 bits per heavy atom. The lowest BCUT2D eigenvalue weighted by Gasteiger charge is -2.33. The van der Waals surface area contributed by atoms with E-state index < -0.39 is 11.7 Å². The second-order valence-electron chi connectivity index (χ2n) is 4.46. The SMILES string of the molecule is FC(F)(F)c1cnc(N2CCN(c3nn[nH]n3)CC2)nc1. The Balaban J connectivity index is 1.64. The normalized spacial score (nSPS) is 16.3. The second kappa shape index (κ2) is 5.14. The minimum Gasteiger partial charge on any atom is -0.337 e. The van der Waals surface area contributed by atoms with Gasteiger partial charge in [-0.15, -0.1) is 5.10 Å². The number of anilines is 2. The monoisotopic (exact) mass is 300 g/mol. The molecule has 11 heteroatoms. The third-order valence-corrected chi connectivity index (χ3v) is 3.15. The van der Waals surface area contributed by atoms with Crippen LogP contribution in [0.5, 0.6) is 0 Å². The molecule has 1 fully saturated rings. The molecule has 8 nitrogen and oxygen atoms in total. The summed E-state index contributed by atoms with van der Waals surface area (Å²) in [5, 5.41) is 13.6. The Kier molecular flexibility index (Phi) is 3.31. The van der Waals surface area contributed by atoms with E-state index in [-0.39, 0.29) is 5.95 Å². The smallest absolute Gasteiger partial charge is 0.337 e. The van der Waals surface area contributed by atoms with Crippen molar-refractivity contribution in [2.45, 2.75) is 6.18 Å². The molecule has 1 saturated heterocycles. The summed E-state index contributed by atoms with van der Waals surface area (Å²) in [6.45, 7) is 2.37. The van der Waals surface area contributed by atoms with Gasteiger partial charge >= 0.3 is 6.18 Å². The molecule has 0 aromatic carbocycles. The van der Waals surface area contributed by atoms with Crippen molar-refractivity contribution in [1.29, 1.82) is 0 Å². The Labute approximate surface area is 117 Å². The van der Waals surface area contributed by atoms with Crippen LogP contribution in [-0.4, -0.2) is 56.8 Å². The lowest BCUT2D eigenvalue weighted by Crippen LogP contribution is -2.47. The molecule has 0 saturated carbocycles. The largest absolute Gasteiger partial charge is 0.419 e. The second-order valence-corrected chi connectivity index (χ2v) is 4.46. The molecule has 0 amide bonds. The topological polar surface area (TPSA) is 86.7 Å². The van der Waals surface area contributed by atoms with E-state index in [0.717, 1.165) is 12.4 Å². The fraction of sp³-hybridized carbons (Fsp3) is 0.500. The van der Waals surface area contributed by atoms with Crippen LogP contribution >= 0.6 is 0 Å². The number of H-pyrrole nitrogens is 1. The first-order chi connectivity index (χ1) is 10.0. The number of nitrogens with one attached hydrogen (secondary N) is 1. The van der Waals surface area contributed by atoms with E-state index >= 15 is 0 Å². The Morgan fingerprint density at radius 3 is 2.00 bits per heavy atom. The van der Waals surface area contributed by atoms with Gasteiger partial charge in [-0.2, -0.15) is 18.4 Å². The van der Waals surface area contributed by atoms with Gasteiger partial charge in [-0.25, -0.2) is 9.97 Å². The molecule has 0 radical (unpaired) electrons. The molecule has 2 aromatic heterocycles. The number of aromatic nitrogens is 6. The number of aromatic amines is 1. The quantitative estimate of drug-likeness (QED) is 0.855. The van der Waals surface area contributed by atoms with Crippen LogP contribution in [0.1, 0.15) is 5.56 Å². The van der Waals surface area contributed by atoms with Crippen molar-refractivity contribution in [1.82, 2.24) is 30.6 Å². The van der Waals surface area contributed by atoms with Crippen molar-refractivity contribution in [3.05, 3.63) is 18.0 Å². The molecule has 0 atom stereocenters. The molecule has 112 valence electrons. The van der Waals surface area contributed by atoms with E-state index in [1.54, 1.807) is 0 Å². The lowest BCUT2D eigenvalue weighted by molar-refractivity contribution is -0.138. The molecule has 2 aromatic rings. The average molecular weight is 300 g/mol. The van der Waals surface area contributed by atoms with Gasteiger partial charge in [0, 0.05) is 38.6 Å². The maximum Gasteiger partial charge on any atom is 0.419 e. The van der Waals surface area contributed by atoms with Gasteiger partial charge in [0.2, 0.25) is 5.95 Å². The zero-order valence-electron chi connectivity index (χ0n) is 10.7. The molecule has 0 aliphatic carbocycles. The molecule has 0 spiro atoms. The zero-order chi connectivity index (χ0) is 14.9. The Morgan fingerprint density at radius 1 is 0.952 bits per heavy atom. The van der Waals surface area contributed by atoms with Crippen molar-refractivity contribution in [3.8, 4) is 0 Å². The zero-order valence-corrected chi connectivity index (χ0v) is 10.7. The van der Waals surface area contributed by atoms with Gasteiger partial charge in [0.25, 0.3) is 5.95 Å². The predicted octanol–water partition coefficient (Wildman–Crippen LogP) is 0.335. The average Bonchev–Trinajstić information content (AvgIpc) is 3.01. The highest BCUT2D eigenvalue weighted by molar-refractivity contribution is 5.36. The number of alkyl halides is 3. The van der Waals surface area contributed by atoms with E-state index in [9.17, 15) is 13.2 Å². The number of piperazine rings is 1. The fourth-order valence-corrected chi connectivity index (χ4v) is 2.03. The third kappa shape index (κ3) is 2.85. The molecule has 0 bridgehead atoms. The van der Waals surface area contributed by atoms with Gasteiger partial charge in [0.1, 0.15) is 0 Å². The number of hydrogen-bond donors (Lipinski definition) is 1. The van der Waals surface area contributed by atoms with Gasteiger partial charge < -0.3 is 9.80 Å². The highest BCUT2D eigenvalue weighted by atomic mass is 19.4. The molecule has 21 heavy (non-hydrogen) atoms. The minimum atomic E-state index is -4.42. The number of rotatable bonds is 2. The maximum absolute atomic E-state index is 12.4. The van der Waals surface area contributed by atoms with Crippen LogP contribution < -0.4 is 9.80 Å². The first-order valence-electron chi connectivity index (χ1n) is 6.16. The van der Waals surface area contributed by atoms with Gasteiger partial charge in [-0.1, -0.05) is 5.10 Å². The number of halogens is 3. The van der Waals surface area contributed by atoms with Crippen molar-refractivity contribution in [2.24, 2.45) is 0 Å². The highest BCUT2D eigenvalue weighted by Gasteiger charge is 2.31. The summed E-state index contributed by atoms with van der Waals surface area (Å²) in [4.78, 5) is 11.3. The number of nitrogens with zero attached hydrogens (tertiary/aromatic N) is 7. The van der Waals surface area contributed by atoms with Crippen molar-refractivity contribution in [3.63, 3.8) is 0 Å². The number of tetrazole rings is 1. The van der Waals surface area contributed by atoms with Crippen molar-refractivity contribution >= 4 is 11.9 Å². The molecule has 3 heterocycles. The van der Waals surface area contributed by atoms with Crippen LogP contribution in [0.2, 0.25) is 0 Å². The van der Waals surface area contributed by atoms with Gasteiger partial charge in [0.05, 0.1) is 5.56 Å². The van der Waals surface area contributed by atoms with Crippen LogP contribution in [-0.2, 0) is 6.18 Å². The van der Waals surface area contributed by atoms with Gasteiger partial charge in [0.15, 0.2) is 0 Å². The van der Waals surface area contributed by atoms with E-state index in [1.165, 1.54) is 0 Å². The minimum absolute atomic E-state index is 0.288. The van der Waals surface area contributed by atoms with Gasteiger partial charge in [-0.3, -0.25) is 0 Å². The van der Waals surface area contributed by atoms with Crippen molar-refractivity contribution < 1.29 is 13.2 Å². The summed E-state index contributed by atoms with van der Waals surface area (Å²) in [5.74, 6) is 0.791. The van der Waals surface area contributed by atoms with Crippen LogP contribution in [0.25, 0.3) is 0 Å². The van der Waals surface area contributed by atoms with E-state index in [0.29, 0.717) is 32.1 Å². The van der Waals surface area contributed by atoms with Crippen LogP contribution in [0.15, 0.2) is 12.4 Å². The first kappa shape index (κ1) is 13.5. The van der Waals surface area contributed by atoms with Crippen molar-refractivity contribution in [2.75, 3.05) is 36.0 Å². The van der Waals surface area contributed by atoms with Gasteiger partial charge in [-0.05, 0) is 5.21 Å². The maximum atomic E-state index is 12.4. The fourth-order valence-electron chi connectivity index (χ4n) is 2.03. The highest BCUT2D eigenvalue weighted by Crippen LogP contribution is 2.28. The van der Waals surface area contributed by atoms with Crippen LogP contribution in [0.3, 0.4) is 0 Å². The lowest BCUT2D eigenvalue weighted by atomic mass is 10.3. The number of hydrogen-bond acceptors (Lipinski definition) is 7. The molecule has 1 aliphatic heterocycles. The summed E-state index contributed by atoms with van der Waals surface area (Å²) < 4.78 is 37.3. The molecule has 0 unspecified atom stereocenters. The summed E-state index contributed by atoms with van der Waals surface area (Å²) in [6, 6.07) is 0. The summed E-state index contributed by atoms with van der Waals surface area (Å²) >= 11 is 0. The molecular weight excluding hydrogens is 289 g/mol. The summed E-state index contributed by atoms with van der Waals surface area (Å²) in [6.07, 6.45) is -2.82. The Hall–Kier alpha value is -2.46. The summed E-state index contributed by atoms with van der Waals surface area (Å²) in [5.41, 5.74) is -0.850. The summed E-state index contributed by atoms with van der Waals surface area (Å²) in [7, 11) is 0. The van der Waals surface area contributed by atoms with Crippen LogP contribution in [0.4, 0.5) is 25.1 Å². The van der Waals surface area contributed by atoms with E-state index in [2.05, 4.69) is 30.6 Å². The third-order valence-electron chi connectivity index (χ3n) is 3.15. The van der Waals surface area contributed by atoms with E-state index in [4.69, 9.17) is 0 Å². The molecule has 1 aliphatic rings. The Bertz CT molecular complexity index is 573. The van der Waals surface area contributed by atoms with E-state index in [1.807, 2.05) is 9.80 Å². The first-order valence-corrected chi connectivity index (χ1v) is 6.16. The standard InChI is InChI=1S/C10H11F3N8/c11-10(12,13)7-5-14-8(15-6-7)20-1-3-21(4-2-20)9-16-18-19-17-9/h5-6H,1-4H2,(H,16,17,18,19). The molecule has 1 N–H and O–H groups in total. The van der Waals surface area contributed by atoms with Crippen LogP contribution in [0, 0.1) is 0 Å².